The van der Waals surface area contributed by atoms with Crippen LogP contribution in [0.4, 0.5) is 16.2 Å². The first-order chi connectivity index (χ1) is 20.7. The highest BCUT2D eigenvalue weighted by Gasteiger charge is 2.34. The van der Waals surface area contributed by atoms with Crippen molar-refractivity contribution in [3.05, 3.63) is 77.9 Å². The van der Waals surface area contributed by atoms with Crippen LogP contribution in [0.1, 0.15) is 29.8 Å². The highest BCUT2D eigenvalue weighted by molar-refractivity contribution is 6.00. The maximum Gasteiger partial charge on any atom is 0.321 e. The molecule has 3 N–H and O–H groups in total. The van der Waals surface area contributed by atoms with Crippen LogP contribution < -0.4 is 24.8 Å². The van der Waals surface area contributed by atoms with Gasteiger partial charge in [0.25, 0.3) is 5.91 Å². The number of carbonyl (C=O) groups excluding carboxylic acids is 3. The van der Waals surface area contributed by atoms with Crippen LogP contribution in [0, 0.1) is 5.92 Å². The second kappa shape index (κ2) is 13.0. The largest absolute Gasteiger partial charge is 0.487 e. The maximum absolute atomic E-state index is 13.7. The van der Waals surface area contributed by atoms with E-state index in [1.54, 1.807) is 55.3 Å². The van der Waals surface area contributed by atoms with Gasteiger partial charge in [-0.2, -0.15) is 0 Å². The van der Waals surface area contributed by atoms with Crippen LogP contribution in [0.3, 0.4) is 0 Å². The van der Waals surface area contributed by atoms with E-state index in [4.69, 9.17) is 14.2 Å². The van der Waals surface area contributed by atoms with Gasteiger partial charge in [-0.15, -0.1) is 0 Å². The first-order valence-electron chi connectivity index (χ1n) is 14.2. The zero-order valence-corrected chi connectivity index (χ0v) is 24.4. The van der Waals surface area contributed by atoms with Gasteiger partial charge in [-0.25, -0.2) is 4.79 Å². The van der Waals surface area contributed by atoms with Crippen LogP contribution in [0.25, 0.3) is 0 Å². The third kappa shape index (κ3) is 7.00. The van der Waals surface area contributed by atoms with E-state index in [0.717, 1.165) is 5.56 Å². The van der Waals surface area contributed by atoms with E-state index in [1.165, 1.54) is 4.90 Å². The molecular weight excluding hydrogens is 552 g/mol. The SMILES string of the molecule is C[C@H](CO)N1C[C@H](C)[C@H](CN(C)C(=O)Nc2ccc3c(c2)OCO3)Oc2ccc(NC(=O)Cc3ccccc3)cc2C1=O. The zero-order valence-electron chi connectivity index (χ0n) is 24.4. The van der Waals surface area contributed by atoms with E-state index in [-0.39, 0.29) is 55.7 Å². The number of nitrogens with zero attached hydrogens (tertiary/aromatic N) is 2. The van der Waals surface area contributed by atoms with Crippen molar-refractivity contribution in [2.75, 3.05) is 44.2 Å². The van der Waals surface area contributed by atoms with Crippen LogP contribution >= 0.6 is 0 Å². The monoisotopic (exact) mass is 588 g/mol. The van der Waals surface area contributed by atoms with Gasteiger partial charge in [0.2, 0.25) is 12.7 Å². The Morgan fingerprint density at radius 1 is 1.00 bits per heavy atom. The first kappa shape index (κ1) is 29.7. The van der Waals surface area contributed by atoms with Crippen molar-refractivity contribution < 1.29 is 33.7 Å². The summed E-state index contributed by atoms with van der Waals surface area (Å²) in [7, 11) is 1.67. The molecule has 3 aromatic carbocycles. The fourth-order valence-electron chi connectivity index (χ4n) is 5.05. The third-order valence-electron chi connectivity index (χ3n) is 7.58. The Morgan fingerprint density at radius 3 is 2.44 bits per heavy atom. The molecule has 0 saturated carbocycles. The van der Waals surface area contributed by atoms with E-state index in [1.807, 2.05) is 37.3 Å². The average molecular weight is 589 g/mol. The molecule has 5 rings (SSSR count). The molecular formula is C32H36N4O7. The number of nitrogens with one attached hydrogen (secondary N) is 2. The van der Waals surface area contributed by atoms with Gasteiger partial charge in [0.15, 0.2) is 11.5 Å². The van der Waals surface area contributed by atoms with Crippen LogP contribution in [0.15, 0.2) is 66.7 Å². The molecule has 226 valence electrons. The summed E-state index contributed by atoms with van der Waals surface area (Å²) < 4.78 is 17.1. The van der Waals surface area contributed by atoms with Crippen LogP contribution in [0.5, 0.6) is 17.2 Å². The first-order valence-corrected chi connectivity index (χ1v) is 14.2. The molecule has 11 heteroatoms. The Hall–Kier alpha value is -4.77. The van der Waals surface area contributed by atoms with Crippen molar-refractivity contribution in [2.24, 2.45) is 5.92 Å². The van der Waals surface area contributed by atoms with Crippen molar-refractivity contribution in [3.63, 3.8) is 0 Å². The minimum absolute atomic E-state index is 0.140. The Morgan fingerprint density at radius 2 is 1.70 bits per heavy atom. The van der Waals surface area contributed by atoms with Gasteiger partial charge in [0, 0.05) is 37.0 Å². The van der Waals surface area contributed by atoms with E-state index in [9.17, 15) is 19.5 Å². The van der Waals surface area contributed by atoms with E-state index in [2.05, 4.69) is 10.6 Å². The van der Waals surface area contributed by atoms with E-state index >= 15 is 0 Å². The van der Waals surface area contributed by atoms with Crippen molar-refractivity contribution in [1.82, 2.24) is 9.80 Å². The summed E-state index contributed by atoms with van der Waals surface area (Å²) in [5.41, 5.74) is 2.16. The van der Waals surface area contributed by atoms with Crippen molar-refractivity contribution >= 4 is 29.2 Å². The molecule has 0 bridgehead atoms. The minimum atomic E-state index is -0.480. The summed E-state index contributed by atoms with van der Waals surface area (Å²) in [6.45, 7) is 4.17. The zero-order chi connectivity index (χ0) is 30.5. The number of benzene rings is 3. The predicted octanol–water partition coefficient (Wildman–Crippen LogP) is 3.98. The molecule has 0 fully saturated rings. The summed E-state index contributed by atoms with van der Waals surface area (Å²) in [5, 5.41) is 15.7. The number of likely N-dealkylation sites (N-methyl/N-ethyl adjacent to an activating group) is 1. The number of carbonyl (C=O) groups is 3. The number of ether oxygens (including phenoxy) is 3. The quantitative estimate of drug-likeness (QED) is 0.363. The maximum atomic E-state index is 13.7. The summed E-state index contributed by atoms with van der Waals surface area (Å²) in [6, 6.07) is 18.7. The molecule has 0 saturated heterocycles. The molecule has 2 aliphatic heterocycles. The molecule has 4 amide bonds. The van der Waals surface area contributed by atoms with E-state index in [0.29, 0.717) is 35.2 Å². The summed E-state index contributed by atoms with van der Waals surface area (Å²) in [6.07, 6.45) is -0.290. The highest BCUT2D eigenvalue weighted by Crippen LogP contribution is 2.34. The molecule has 0 radical (unpaired) electrons. The number of urea groups is 1. The highest BCUT2D eigenvalue weighted by atomic mass is 16.7. The number of fused-ring (bicyclic) bond motifs is 2. The van der Waals surface area contributed by atoms with Gasteiger partial charge in [-0.1, -0.05) is 37.3 Å². The van der Waals surface area contributed by atoms with Gasteiger partial charge in [-0.05, 0) is 42.8 Å². The lowest BCUT2D eigenvalue weighted by molar-refractivity contribution is -0.115. The Balaban J connectivity index is 1.33. The minimum Gasteiger partial charge on any atom is -0.487 e. The molecule has 43 heavy (non-hydrogen) atoms. The standard InChI is InChI=1S/C32H36N4O7/c1-20-16-36(21(2)18-37)31(39)25-14-23(33-30(38)13-22-7-5-4-6-8-22)9-11-26(25)43-29(20)17-35(3)32(40)34-24-10-12-27-28(15-24)42-19-41-27/h4-12,14-15,20-21,29,37H,13,16-19H2,1-3H3,(H,33,38)(H,34,40)/t20-,21+,29-/m0/s1. The summed E-state index contributed by atoms with van der Waals surface area (Å²) in [4.78, 5) is 42.7. The lowest BCUT2D eigenvalue weighted by Crippen LogP contribution is -2.50. The van der Waals surface area contributed by atoms with E-state index < -0.39 is 12.1 Å². The fourth-order valence-corrected chi connectivity index (χ4v) is 5.05. The Bertz CT molecular complexity index is 1480. The lowest BCUT2D eigenvalue weighted by Gasteiger charge is -2.38. The van der Waals surface area contributed by atoms with Gasteiger partial charge in [0.1, 0.15) is 11.9 Å². The molecule has 0 aromatic heterocycles. The fraction of sp³-hybridized carbons (Fsp3) is 0.344. The van der Waals surface area contributed by atoms with Crippen LogP contribution in [-0.4, -0.2) is 78.4 Å². The molecule has 2 heterocycles. The van der Waals surface area contributed by atoms with Crippen molar-refractivity contribution in [3.8, 4) is 17.2 Å². The molecule has 0 spiro atoms. The summed E-state index contributed by atoms with van der Waals surface area (Å²) in [5.74, 6) is 0.811. The molecule has 0 unspecified atom stereocenters. The third-order valence-corrected chi connectivity index (χ3v) is 7.58. The number of aliphatic hydroxyl groups is 1. The molecule has 3 aromatic rings. The van der Waals surface area contributed by atoms with Crippen molar-refractivity contribution in [1.29, 1.82) is 0 Å². The predicted molar refractivity (Wildman–Crippen MR) is 161 cm³/mol. The second-order valence-electron chi connectivity index (χ2n) is 10.9. The Kier molecular flexibility index (Phi) is 9.01. The van der Waals surface area contributed by atoms with Crippen LogP contribution in [-0.2, 0) is 11.2 Å². The van der Waals surface area contributed by atoms with Gasteiger partial charge in [-0.3, -0.25) is 9.59 Å². The van der Waals surface area contributed by atoms with Gasteiger partial charge >= 0.3 is 6.03 Å². The number of hydrogen-bond acceptors (Lipinski definition) is 7. The number of rotatable bonds is 8. The second-order valence-corrected chi connectivity index (χ2v) is 10.9. The van der Waals surface area contributed by atoms with Gasteiger partial charge < -0.3 is 39.8 Å². The van der Waals surface area contributed by atoms with Crippen molar-refractivity contribution in [2.45, 2.75) is 32.4 Å². The molecule has 11 nitrogen and oxygen atoms in total. The molecule has 0 aliphatic carbocycles. The molecule has 3 atom stereocenters. The number of hydrogen-bond donors (Lipinski definition) is 3. The number of amides is 4. The Labute approximate surface area is 250 Å². The molecule has 2 aliphatic rings. The lowest BCUT2D eigenvalue weighted by atomic mass is 9.99. The summed E-state index contributed by atoms with van der Waals surface area (Å²) >= 11 is 0. The number of anilines is 2. The van der Waals surface area contributed by atoms with Crippen LogP contribution in [0.2, 0.25) is 0 Å². The number of aliphatic hydroxyl groups excluding tert-OH is 1. The van der Waals surface area contributed by atoms with Gasteiger partial charge in [0.05, 0.1) is 31.2 Å². The smallest absolute Gasteiger partial charge is 0.321 e. The average Bonchev–Trinajstić information content (AvgIpc) is 3.47. The topological polar surface area (TPSA) is 130 Å². The normalized spacial score (nSPS) is 18.0.